The molecule has 1 fully saturated rings. The highest BCUT2D eigenvalue weighted by Crippen LogP contribution is 2.33. The summed E-state index contributed by atoms with van der Waals surface area (Å²) < 4.78 is 98.3. The van der Waals surface area contributed by atoms with E-state index in [4.69, 9.17) is 4.74 Å². The van der Waals surface area contributed by atoms with Crippen LogP contribution in [0.2, 0.25) is 0 Å². The molecule has 0 aliphatic carbocycles. The number of aromatic nitrogens is 3. The van der Waals surface area contributed by atoms with Crippen LogP contribution in [-0.4, -0.2) is 79.4 Å². The lowest BCUT2D eigenvalue weighted by Gasteiger charge is -2.35. The number of carbonyl (C=O) groups is 2. The van der Waals surface area contributed by atoms with Gasteiger partial charge >= 0.3 is 6.18 Å². The number of sulfonamides is 1. The van der Waals surface area contributed by atoms with E-state index in [1.807, 2.05) is 4.90 Å². The fraction of sp³-hybridized carbons (Fsp3) is 0.207. The Kier molecular flexibility index (Phi) is 8.87. The van der Waals surface area contributed by atoms with Crippen LogP contribution in [0.15, 0.2) is 72.0 Å². The highest BCUT2D eigenvalue weighted by Gasteiger charge is 2.36. The van der Waals surface area contributed by atoms with Crippen molar-refractivity contribution < 1.29 is 44.7 Å². The molecule has 0 radical (unpaired) electrons. The molecule has 1 N–H and O–H groups in total. The molecular formula is C29H23F5N6O5S. The summed E-state index contributed by atoms with van der Waals surface area (Å²) in [5.74, 6) is -4.67. The number of methoxy groups -OCH3 is 1. The number of nitrogens with one attached hydrogen (secondary N) is 1. The Morgan fingerprint density at radius 3 is 2.35 bits per heavy atom. The van der Waals surface area contributed by atoms with Gasteiger partial charge in [-0.3, -0.25) is 14.3 Å². The molecule has 1 aliphatic heterocycles. The number of ether oxygens (including phenoxy) is 1. The molecule has 3 heterocycles. The lowest BCUT2D eigenvalue weighted by atomic mass is 10.0. The van der Waals surface area contributed by atoms with E-state index >= 15 is 0 Å². The molecule has 240 valence electrons. The number of halogens is 5. The summed E-state index contributed by atoms with van der Waals surface area (Å²) in [6.07, 6.45) is -1.47. The first kappa shape index (κ1) is 32.2. The van der Waals surface area contributed by atoms with Crippen LogP contribution >= 0.6 is 0 Å². The van der Waals surface area contributed by atoms with Crippen LogP contribution in [0.1, 0.15) is 0 Å². The highest BCUT2D eigenvalue weighted by atomic mass is 32.2. The minimum absolute atomic E-state index is 0.107. The number of piperazine rings is 1. The van der Waals surface area contributed by atoms with Gasteiger partial charge < -0.3 is 14.5 Å². The molecule has 2 aromatic heterocycles. The van der Waals surface area contributed by atoms with E-state index < -0.39 is 44.4 Å². The van der Waals surface area contributed by atoms with Gasteiger partial charge in [-0.1, -0.05) is 6.07 Å². The summed E-state index contributed by atoms with van der Waals surface area (Å²) in [5.41, 5.74) is 1.46. The molecule has 0 atom stereocenters. The van der Waals surface area contributed by atoms with Crippen molar-refractivity contribution in [1.29, 1.82) is 0 Å². The highest BCUT2D eigenvalue weighted by molar-refractivity contribution is 7.92. The van der Waals surface area contributed by atoms with Crippen LogP contribution < -0.4 is 14.4 Å². The van der Waals surface area contributed by atoms with Crippen molar-refractivity contribution >= 4 is 44.1 Å². The summed E-state index contributed by atoms with van der Waals surface area (Å²) in [6.45, 7) is 0.850. The number of ketones is 1. The Labute approximate surface area is 258 Å². The van der Waals surface area contributed by atoms with Gasteiger partial charge in [0.1, 0.15) is 34.4 Å². The molecule has 46 heavy (non-hydrogen) atoms. The Balaban J connectivity index is 1.39. The zero-order valence-electron chi connectivity index (χ0n) is 23.8. The normalized spacial score (nSPS) is 14.1. The number of carbonyl (C=O) groups excluding carboxylic acids is 2. The molecule has 11 nitrogen and oxygen atoms in total. The fourth-order valence-electron chi connectivity index (χ4n) is 4.70. The van der Waals surface area contributed by atoms with Crippen LogP contribution in [0.5, 0.6) is 5.88 Å². The molecule has 0 bridgehead atoms. The number of hydrogen-bond acceptors (Lipinski definition) is 9. The molecule has 1 aliphatic rings. The summed E-state index contributed by atoms with van der Waals surface area (Å²) in [6, 6.07) is 8.65. The smallest absolute Gasteiger partial charge is 0.454 e. The molecule has 0 saturated carbocycles. The molecule has 1 saturated heterocycles. The van der Waals surface area contributed by atoms with Crippen molar-refractivity contribution in [2.75, 3.05) is 42.9 Å². The van der Waals surface area contributed by atoms with Gasteiger partial charge in [-0.05, 0) is 42.0 Å². The van der Waals surface area contributed by atoms with Gasteiger partial charge in [-0.2, -0.15) is 13.2 Å². The van der Waals surface area contributed by atoms with E-state index in [2.05, 4.69) is 19.7 Å². The second kappa shape index (κ2) is 12.7. The molecule has 17 heteroatoms. The molecule has 0 spiro atoms. The molecule has 4 aromatic rings. The third-order valence-corrected chi connectivity index (χ3v) is 8.37. The number of hydrogen-bond donors (Lipinski definition) is 1. The van der Waals surface area contributed by atoms with Crippen LogP contribution in [0, 0.1) is 11.6 Å². The maximum absolute atomic E-state index is 14.3. The van der Waals surface area contributed by atoms with E-state index in [1.165, 1.54) is 30.6 Å². The summed E-state index contributed by atoms with van der Waals surface area (Å²) in [7, 11) is -3.24. The summed E-state index contributed by atoms with van der Waals surface area (Å²) in [4.78, 5) is 38.7. The molecule has 0 unspecified atom stereocenters. The number of allylic oxidation sites excluding steroid dienone is 1. The number of pyridine rings is 1. The molecule has 5 rings (SSSR count). The third kappa shape index (κ3) is 6.88. The third-order valence-electron chi connectivity index (χ3n) is 6.97. The molecular weight excluding hydrogens is 639 g/mol. The lowest BCUT2D eigenvalue weighted by Crippen LogP contribution is -2.48. The van der Waals surface area contributed by atoms with Crippen LogP contribution in [0.4, 0.5) is 33.5 Å². The fourth-order valence-corrected chi connectivity index (χ4v) is 5.81. The Morgan fingerprint density at radius 2 is 1.67 bits per heavy atom. The van der Waals surface area contributed by atoms with Gasteiger partial charge in [-0.25, -0.2) is 32.2 Å². The van der Waals surface area contributed by atoms with Crippen LogP contribution in [0.25, 0.3) is 22.0 Å². The number of fused-ring (bicyclic) bond motifs is 1. The SMILES string of the molecule is COc1ncc(-c2ccc3ncnc(N4CCN(C(=O)/C=C\C(=O)C(F)(F)F)CC4)c3c2)cc1NS(=O)(=O)c1ccc(F)cc1F. The van der Waals surface area contributed by atoms with Gasteiger partial charge in [0, 0.05) is 55.5 Å². The van der Waals surface area contributed by atoms with E-state index in [0.717, 1.165) is 12.1 Å². The second-order valence-electron chi connectivity index (χ2n) is 9.90. The Morgan fingerprint density at radius 1 is 0.935 bits per heavy atom. The predicted molar refractivity (Wildman–Crippen MR) is 155 cm³/mol. The largest absolute Gasteiger partial charge is 0.480 e. The van der Waals surface area contributed by atoms with E-state index in [0.29, 0.717) is 40.0 Å². The average Bonchev–Trinajstić information content (AvgIpc) is 3.02. The van der Waals surface area contributed by atoms with Crippen molar-refractivity contribution in [2.24, 2.45) is 0 Å². The second-order valence-corrected chi connectivity index (χ2v) is 11.5. The topological polar surface area (TPSA) is 135 Å². The zero-order chi connectivity index (χ0) is 33.2. The number of benzene rings is 2. The quantitative estimate of drug-likeness (QED) is 0.219. The van der Waals surface area contributed by atoms with Gasteiger partial charge in [0.25, 0.3) is 15.8 Å². The summed E-state index contributed by atoms with van der Waals surface area (Å²) in [5, 5.41) is 0.599. The minimum atomic E-state index is -5.07. The van der Waals surface area contributed by atoms with Crippen LogP contribution in [-0.2, 0) is 19.6 Å². The van der Waals surface area contributed by atoms with Gasteiger partial charge in [0.2, 0.25) is 11.8 Å². The molecule has 2 aromatic carbocycles. The average molecular weight is 663 g/mol. The molecule has 1 amide bonds. The zero-order valence-corrected chi connectivity index (χ0v) is 24.6. The van der Waals surface area contributed by atoms with Crippen molar-refractivity contribution in [3.8, 4) is 17.0 Å². The van der Waals surface area contributed by atoms with Gasteiger partial charge in [-0.15, -0.1) is 0 Å². The van der Waals surface area contributed by atoms with Crippen molar-refractivity contribution in [2.45, 2.75) is 11.1 Å². The Hall–Kier alpha value is -5.19. The predicted octanol–water partition coefficient (Wildman–Crippen LogP) is 4.12. The van der Waals surface area contributed by atoms with Gasteiger partial charge in [0.15, 0.2) is 0 Å². The number of anilines is 2. The van der Waals surface area contributed by atoms with Crippen LogP contribution in [0.3, 0.4) is 0 Å². The number of nitrogens with zero attached hydrogens (tertiary/aromatic N) is 5. The minimum Gasteiger partial charge on any atom is -0.480 e. The van der Waals surface area contributed by atoms with Crippen molar-refractivity contribution in [1.82, 2.24) is 19.9 Å². The summed E-state index contributed by atoms with van der Waals surface area (Å²) >= 11 is 0. The first-order valence-electron chi connectivity index (χ1n) is 13.4. The van der Waals surface area contributed by atoms with E-state index in [9.17, 15) is 40.0 Å². The number of rotatable bonds is 8. The Bertz CT molecular complexity index is 1960. The monoisotopic (exact) mass is 662 g/mol. The standard InChI is InChI=1S/C29H23F5N6O5S/c1-45-28-23(38-46(43,44)24-5-3-19(30)14-21(24)31)13-18(15-35-28)17-2-4-22-20(12-17)27(37-16-36-22)40-10-8-39(9-11-40)26(42)7-6-25(41)29(32,33)34/h2-7,12-16,38H,8-11H2,1H3/b7-6-. The number of amides is 1. The first-order chi connectivity index (χ1) is 21.8. The number of alkyl halides is 3. The van der Waals surface area contributed by atoms with E-state index in [1.54, 1.807) is 18.2 Å². The lowest BCUT2D eigenvalue weighted by molar-refractivity contribution is -0.165. The van der Waals surface area contributed by atoms with Crippen molar-refractivity contribution in [3.63, 3.8) is 0 Å². The maximum atomic E-state index is 14.3. The van der Waals surface area contributed by atoms with Gasteiger partial charge in [0.05, 0.1) is 12.6 Å². The van der Waals surface area contributed by atoms with Crippen molar-refractivity contribution in [3.05, 3.63) is 78.8 Å². The maximum Gasteiger partial charge on any atom is 0.454 e. The van der Waals surface area contributed by atoms with E-state index in [-0.39, 0.29) is 43.8 Å². The first-order valence-corrected chi connectivity index (χ1v) is 14.9.